The van der Waals surface area contributed by atoms with E-state index in [4.69, 9.17) is 4.52 Å². The van der Waals surface area contributed by atoms with E-state index in [1.54, 1.807) is 14.7 Å². The topological polar surface area (TPSA) is 108 Å². The van der Waals surface area contributed by atoms with E-state index in [1.807, 2.05) is 18.2 Å². The summed E-state index contributed by atoms with van der Waals surface area (Å²) in [6.07, 6.45) is 5.93. The molecule has 0 radical (unpaired) electrons. The summed E-state index contributed by atoms with van der Waals surface area (Å²) >= 11 is 0. The number of carbonyl (C=O) groups excluding carboxylic acids is 1. The number of nitrogens with one attached hydrogen (secondary N) is 2. The first kappa shape index (κ1) is 23.1. The van der Waals surface area contributed by atoms with Crippen LogP contribution >= 0.6 is 0 Å². The van der Waals surface area contributed by atoms with Crippen LogP contribution in [0.5, 0.6) is 0 Å². The van der Waals surface area contributed by atoms with Crippen LogP contribution in [0.2, 0.25) is 0 Å². The third-order valence-electron chi connectivity index (χ3n) is 7.88. The second kappa shape index (κ2) is 9.31. The Morgan fingerprint density at radius 2 is 1.86 bits per heavy atom. The minimum atomic E-state index is -3.56. The molecule has 1 aromatic carbocycles. The lowest BCUT2D eigenvalue weighted by molar-refractivity contribution is 0.0897. The highest BCUT2D eigenvalue weighted by molar-refractivity contribution is 7.86. The fourth-order valence-corrected chi connectivity index (χ4v) is 8.11. The molecule has 188 valence electrons. The zero-order valence-electron chi connectivity index (χ0n) is 19.8. The van der Waals surface area contributed by atoms with E-state index in [9.17, 15) is 13.2 Å². The average molecular weight is 500 g/mol. The number of piperidine rings is 1. The highest BCUT2D eigenvalue weighted by Gasteiger charge is 2.49. The fraction of sp³-hybridized carbons (Fsp3) is 0.600. The van der Waals surface area contributed by atoms with Crippen molar-refractivity contribution in [2.24, 2.45) is 0 Å². The number of fused-ring (bicyclic) bond motifs is 2. The van der Waals surface area contributed by atoms with Crippen LogP contribution < -0.4 is 10.6 Å². The molecule has 1 unspecified atom stereocenters. The number of piperazine rings is 1. The molecule has 1 amide bonds. The molecule has 4 heterocycles. The highest BCUT2D eigenvalue weighted by Crippen LogP contribution is 2.41. The Hall–Kier alpha value is -2.27. The van der Waals surface area contributed by atoms with Crippen LogP contribution in [0.15, 0.2) is 40.9 Å². The molecule has 1 saturated carbocycles. The molecule has 2 bridgehead atoms. The molecule has 4 fully saturated rings. The summed E-state index contributed by atoms with van der Waals surface area (Å²) in [4.78, 5) is 12.7. The van der Waals surface area contributed by atoms with Crippen LogP contribution in [0.25, 0.3) is 0 Å². The predicted octanol–water partition coefficient (Wildman–Crippen LogP) is 2.04. The maximum Gasteiger partial charge on any atom is 0.282 e. The minimum Gasteiger partial charge on any atom is -0.360 e. The van der Waals surface area contributed by atoms with E-state index in [-0.39, 0.29) is 30.1 Å². The summed E-state index contributed by atoms with van der Waals surface area (Å²) in [5, 5.41) is 10.5. The van der Waals surface area contributed by atoms with Crippen LogP contribution in [-0.4, -0.2) is 71.9 Å². The zero-order chi connectivity index (χ0) is 24.0. The van der Waals surface area contributed by atoms with E-state index in [1.165, 1.54) is 5.56 Å². The molecule has 0 spiro atoms. The van der Waals surface area contributed by atoms with Crippen molar-refractivity contribution in [1.29, 1.82) is 0 Å². The quantitative estimate of drug-likeness (QED) is 0.604. The van der Waals surface area contributed by atoms with Gasteiger partial charge in [-0.1, -0.05) is 35.5 Å². The Labute approximate surface area is 206 Å². The van der Waals surface area contributed by atoms with Crippen molar-refractivity contribution in [2.75, 3.05) is 19.6 Å². The van der Waals surface area contributed by atoms with Gasteiger partial charge in [-0.15, -0.1) is 0 Å². The van der Waals surface area contributed by atoms with E-state index in [2.05, 4.69) is 27.9 Å². The van der Waals surface area contributed by atoms with Gasteiger partial charge in [0.1, 0.15) is 5.76 Å². The molecular weight excluding hydrogens is 466 g/mol. The molecule has 9 nitrogen and oxygen atoms in total. The lowest BCUT2D eigenvalue weighted by Crippen LogP contribution is -2.60. The normalized spacial score (nSPS) is 29.8. The van der Waals surface area contributed by atoms with E-state index in [0.29, 0.717) is 44.1 Å². The van der Waals surface area contributed by atoms with Gasteiger partial charge in [0.15, 0.2) is 5.69 Å². The van der Waals surface area contributed by atoms with Gasteiger partial charge in [-0.2, -0.15) is 17.0 Å². The first-order valence-electron chi connectivity index (χ1n) is 12.8. The molecule has 3 saturated heterocycles. The molecule has 4 atom stereocenters. The SMILES string of the molecule is O=C(N[C@H]1C[C@H]2CC[C@@H](C1)N2S(=O)(=O)N1CCNC(Cc2ccccc2)C1)c1cc(C2CC2)on1. The van der Waals surface area contributed by atoms with Crippen LogP contribution in [0, 0.1) is 0 Å². The van der Waals surface area contributed by atoms with E-state index < -0.39 is 10.2 Å². The predicted molar refractivity (Wildman–Crippen MR) is 130 cm³/mol. The molecule has 1 aliphatic carbocycles. The largest absolute Gasteiger partial charge is 0.360 e. The Morgan fingerprint density at radius 1 is 1.11 bits per heavy atom. The van der Waals surface area contributed by atoms with Gasteiger partial charge in [-0.05, 0) is 50.5 Å². The number of benzene rings is 1. The number of amides is 1. The summed E-state index contributed by atoms with van der Waals surface area (Å²) < 4.78 is 36.2. The number of aromatic nitrogens is 1. The van der Waals surface area contributed by atoms with Crippen molar-refractivity contribution in [3.8, 4) is 0 Å². The van der Waals surface area contributed by atoms with Gasteiger partial charge in [0.25, 0.3) is 16.1 Å². The maximum atomic E-state index is 13.7. The van der Waals surface area contributed by atoms with Gasteiger partial charge in [-0.25, -0.2) is 0 Å². The summed E-state index contributed by atoms with van der Waals surface area (Å²) in [6.45, 7) is 1.61. The lowest BCUT2D eigenvalue weighted by atomic mass is 9.99. The molecule has 6 rings (SSSR count). The Morgan fingerprint density at radius 3 is 2.57 bits per heavy atom. The second-order valence-corrected chi connectivity index (χ2v) is 12.3. The van der Waals surface area contributed by atoms with Gasteiger partial charge < -0.3 is 15.2 Å². The Bertz CT molecular complexity index is 1150. The first-order chi connectivity index (χ1) is 17.0. The van der Waals surface area contributed by atoms with Gasteiger partial charge in [0, 0.05) is 55.8 Å². The molecule has 3 aliphatic heterocycles. The zero-order valence-corrected chi connectivity index (χ0v) is 20.6. The Kier molecular flexibility index (Phi) is 6.16. The third-order valence-corrected chi connectivity index (χ3v) is 9.99. The number of hydrogen-bond acceptors (Lipinski definition) is 6. The van der Waals surface area contributed by atoms with Crippen molar-refractivity contribution < 1.29 is 17.7 Å². The van der Waals surface area contributed by atoms with Crippen molar-refractivity contribution in [3.05, 3.63) is 53.4 Å². The average Bonchev–Trinajstić information content (AvgIpc) is 3.51. The van der Waals surface area contributed by atoms with Gasteiger partial charge >= 0.3 is 0 Å². The van der Waals surface area contributed by atoms with Crippen LogP contribution in [0.4, 0.5) is 0 Å². The lowest BCUT2D eigenvalue weighted by Gasteiger charge is -2.42. The van der Waals surface area contributed by atoms with Crippen LogP contribution in [0.3, 0.4) is 0 Å². The molecular formula is C25H33N5O4S. The van der Waals surface area contributed by atoms with Gasteiger partial charge in [-0.3, -0.25) is 4.79 Å². The first-order valence-corrected chi connectivity index (χ1v) is 14.2. The van der Waals surface area contributed by atoms with Crippen molar-refractivity contribution in [2.45, 2.75) is 75.0 Å². The maximum absolute atomic E-state index is 13.7. The monoisotopic (exact) mass is 499 g/mol. The Balaban J connectivity index is 1.09. The summed E-state index contributed by atoms with van der Waals surface area (Å²) in [6, 6.07) is 11.8. The smallest absolute Gasteiger partial charge is 0.282 e. The molecule has 10 heteroatoms. The molecule has 2 N–H and O–H groups in total. The number of carbonyl (C=O) groups is 1. The fourth-order valence-electron chi connectivity index (χ4n) is 6.02. The minimum absolute atomic E-state index is 0.0543. The molecule has 1 aromatic heterocycles. The summed E-state index contributed by atoms with van der Waals surface area (Å²) in [7, 11) is -3.56. The van der Waals surface area contributed by atoms with Crippen molar-refractivity contribution >= 4 is 16.1 Å². The van der Waals surface area contributed by atoms with E-state index >= 15 is 0 Å². The molecule has 2 aromatic rings. The molecule has 35 heavy (non-hydrogen) atoms. The number of nitrogens with zero attached hydrogens (tertiary/aromatic N) is 3. The number of hydrogen-bond donors (Lipinski definition) is 2. The second-order valence-electron chi connectivity index (χ2n) is 10.5. The standard InChI is InChI=1S/C25H33N5O4S/c31-25(23-15-24(34-28-23)18-6-7-18)27-19-13-21-8-9-22(14-19)30(21)35(32,33)29-11-10-26-20(16-29)12-17-4-2-1-3-5-17/h1-5,15,18-22,26H,6-14,16H2,(H,27,31)/t19-,20?,21+,22-. The van der Waals surface area contributed by atoms with Crippen molar-refractivity contribution in [1.82, 2.24) is 24.4 Å². The van der Waals surface area contributed by atoms with Crippen LogP contribution in [0.1, 0.15) is 66.3 Å². The van der Waals surface area contributed by atoms with Crippen LogP contribution in [-0.2, 0) is 16.6 Å². The van der Waals surface area contributed by atoms with E-state index in [0.717, 1.165) is 37.9 Å². The molecule has 4 aliphatic rings. The van der Waals surface area contributed by atoms with Gasteiger partial charge in [0.2, 0.25) is 0 Å². The third kappa shape index (κ3) is 4.76. The van der Waals surface area contributed by atoms with Gasteiger partial charge in [0.05, 0.1) is 0 Å². The summed E-state index contributed by atoms with van der Waals surface area (Å²) in [5.74, 6) is 0.968. The summed E-state index contributed by atoms with van der Waals surface area (Å²) in [5.41, 5.74) is 1.52. The number of rotatable bonds is 7. The van der Waals surface area contributed by atoms with Crippen molar-refractivity contribution in [3.63, 3.8) is 0 Å². The highest BCUT2D eigenvalue weighted by atomic mass is 32.2.